The first-order valence-electron chi connectivity index (χ1n) is 5.97. The van der Waals surface area contributed by atoms with Gasteiger partial charge < -0.3 is 15.4 Å². The van der Waals surface area contributed by atoms with Crippen molar-refractivity contribution in [3.63, 3.8) is 0 Å². The van der Waals surface area contributed by atoms with Crippen molar-refractivity contribution in [1.29, 1.82) is 0 Å². The number of ether oxygens (including phenoxy) is 1. The van der Waals surface area contributed by atoms with E-state index in [9.17, 15) is 4.79 Å². The van der Waals surface area contributed by atoms with Crippen molar-refractivity contribution in [2.45, 2.75) is 18.9 Å². The lowest BCUT2D eigenvalue weighted by molar-refractivity contribution is -0.134. The number of halogens is 1. The Morgan fingerprint density at radius 2 is 1.89 bits per heavy atom. The van der Waals surface area contributed by atoms with Gasteiger partial charge in [0.15, 0.2) is 6.61 Å². The van der Waals surface area contributed by atoms with Gasteiger partial charge in [-0.05, 0) is 25.0 Å². The van der Waals surface area contributed by atoms with Gasteiger partial charge in [-0.15, -0.1) is 12.4 Å². The zero-order valence-corrected chi connectivity index (χ0v) is 11.1. The molecule has 0 aliphatic carbocycles. The first-order valence-corrected chi connectivity index (χ1v) is 5.97. The van der Waals surface area contributed by atoms with Crippen molar-refractivity contribution >= 4 is 18.3 Å². The zero-order valence-electron chi connectivity index (χ0n) is 10.2. The van der Waals surface area contributed by atoms with Crippen molar-refractivity contribution in [2.75, 3.05) is 19.7 Å². The Kier molecular flexibility index (Phi) is 5.95. The number of piperidine rings is 1. The van der Waals surface area contributed by atoms with Gasteiger partial charge in [-0.3, -0.25) is 4.79 Å². The number of benzene rings is 1. The van der Waals surface area contributed by atoms with Crippen LogP contribution in [-0.2, 0) is 4.79 Å². The van der Waals surface area contributed by atoms with E-state index in [4.69, 9.17) is 10.5 Å². The minimum atomic E-state index is 0. The van der Waals surface area contributed by atoms with Crippen molar-refractivity contribution in [3.8, 4) is 5.75 Å². The number of nitrogens with two attached hydrogens (primary N) is 1. The molecule has 2 N–H and O–H groups in total. The molecule has 100 valence electrons. The van der Waals surface area contributed by atoms with Gasteiger partial charge in [-0.1, -0.05) is 18.2 Å². The number of hydrogen-bond acceptors (Lipinski definition) is 3. The first-order chi connectivity index (χ1) is 8.25. The van der Waals surface area contributed by atoms with E-state index in [-0.39, 0.29) is 31.0 Å². The molecule has 5 heteroatoms. The maximum absolute atomic E-state index is 11.8. The summed E-state index contributed by atoms with van der Waals surface area (Å²) in [5.41, 5.74) is 5.79. The lowest BCUT2D eigenvalue weighted by Gasteiger charge is -2.30. The van der Waals surface area contributed by atoms with Gasteiger partial charge in [0.2, 0.25) is 0 Å². The molecule has 1 aliphatic rings. The molecule has 0 unspecified atom stereocenters. The molecular weight excluding hydrogens is 252 g/mol. The van der Waals surface area contributed by atoms with Crippen LogP contribution in [-0.4, -0.2) is 36.5 Å². The third kappa shape index (κ3) is 4.20. The first kappa shape index (κ1) is 14.8. The van der Waals surface area contributed by atoms with E-state index in [1.54, 1.807) is 0 Å². The van der Waals surface area contributed by atoms with E-state index in [0.29, 0.717) is 0 Å². The zero-order chi connectivity index (χ0) is 12.1. The molecule has 1 aromatic rings. The molecule has 1 heterocycles. The summed E-state index contributed by atoms with van der Waals surface area (Å²) in [5, 5.41) is 0. The Morgan fingerprint density at radius 1 is 1.28 bits per heavy atom. The van der Waals surface area contributed by atoms with Gasteiger partial charge in [-0.25, -0.2) is 0 Å². The molecule has 18 heavy (non-hydrogen) atoms. The number of nitrogens with zero attached hydrogens (tertiary/aromatic N) is 1. The normalized spacial score (nSPS) is 15.9. The molecular formula is C13H19ClN2O2. The van der Waals surface area contributed by atoms with Crippen LogP contribution < -0.4 is 10.5 Å². The minimum Gasteiger partial charge on any atom is -0.484 e. The van der Waals surface area contributed by atoms with Crippen LogP contribution in [0.25, 0.3) is 0 Å². The molecule has 0 spiro atoms. The van der Waals surface area contributed by atoms with E-state index in [1.165, 1.54) is 0 Å². The van der Waals surface area contributed by atoms with Crippen LogP contribution in [0.1, 0.15) is 12.8 Å². The molecule has 0 radical (unpaired) electrons. The number of carbonyl (C=O) groups excluding carboxylic acids is 1. The summed E-state index contributed by atoms with van der Waals surface area (Å²) in [6, 6.07) is 9.63. The van der Waals surface area contributed by atoms with Crippen molar-refractivity contribution < 1.29 is 9.53 Å². The van der Waals surface area contributed by atoms with Gasteiger partial charge in [0, 0.05) is 19.1 Å². The molecule has 0 saturated carbocycles. The number of likely N-dealkylation sites (tertiary alicyclic amines) is 1. The topological polar surface area (TPSA) is 55.6 Å². The Labute approximate surface area is 114 Å². The summed E-state index contributed by atoms with van der Waals surface area (Å²) in [7, 11) is 0. The molecule has 1 aliphatic heterocycles. The second-order valence-corrected chi connectivity index (χ2v) is 4.32. The Morgan fingerprint density at radius 3 is 2.50 bits per heavy atom. The second kappa shape index (κ2) is 7.24. The van der Waals surface area contributed by atoms with Crippen LogP contribution in [0.5, 0.6) is 5.75 Å². The van der Waals surface area contributed by atoms with Crippen LogP contribution >= 0.6 is 12.4 Å². The lowest BCUT2D eigenvalue weighted by Crippen LogP contribution is -2.44. The number of amides is 1. The number of hydrogen-bond donors (Lipinski definition) is 1. The SMILES string of the molecule is Cl.NC1CCN(C(=O)COc2ccccc2)CC1. The van der Waals surface area contributed by atoms with Crippen LogP contribution in [0.15, 0.2) is 30.3 Å². The van der Waals surface area contributed by atoms with E-state index < -0.39 is 0 Å². The molecule has 1 amide bonds. The average molecular weight is 271 g/mol. The number of rotatable bonds is 3. The summed E-state index contributed by atoms with van der Waals surface area (Å²) < 4.78 is 5.43. The Bertz CT molecular complexity index is 365. The summed E-state index contributed by atoms with van der Waals surface area (Å²) in [5.74, 6) is 0.773. The van der Waals surface area contributed by atoms with E-state index >= 15 is 0 Å². The fourth-order valence-corrected chi connectivity index (χ4v) is 1.90. The average Bonchev–Trinajstić information content (AvgIpc) is 2.38. The predicted octanol–water partition coefficient (Wildman–Crippen LogP) is 1.44. The van der Waals surface area contributed by atoms with Crippen LogP contribution in [0.2, 0.25) is 0 Å². The molecule has 0 aromatic heterocycles. The van der Waals surface area contributed by atoms with Crippen molar-refractivity contribution in [2.24, 2.45) is 5.73 Å². The Balaban J connectivity index is 0.00000162. The minimum absolute atomic E-state index is 0. The Hall–Kier alpha value is -1.26. The van der Waals surface area contributed by atoms with Gasteiger partial charge in [0.05, 0.1) is 0 Å². The highest BCUT2D eigenvalue weighted by atomic mass is 35.5. The van der Waals surface area contributed by atoms with Gasteiger partial charge >= 0.3 is 0 Å². The fraction of sp³-hybridized carbons (Fsp3) is 0.462. The summed E-state index contributed by atoms with van der Waals surface area (Å²) in [6.07, 6.45) is 1.77. The van der Waals surface area contributed by atoms with Gasteiger partial charge in [0.1, 0.15) is 5.75 Å². The highest BCUT2D eigenvalue weighted by molar-refractivity contribution is 5.85. The van der Waals surface area contributed by atoms with Crippen LogP contribution in [0.3, 0.4) is 0 Å². The monoisotopic (exact) mass is 270 g/mol. The highest BCUT2D eigenvalue weighted by Gasteiger charge is 2.20. The molecule has 1 saturated heterocycles. The molecule has 1 fully saturated rings. The summed E-state index contributed by atoms with van der Waals surface area (Å²) in [6.45, 7) is 1.61. The molecule has 0 atom stereocenters. The summed E-state index contributed by atoms with van der Waals surface area (Å²) in [4.78, 5) is 13.7. The number of carbonyl (C=O) groups is 1. The summed E-state index contributed by atoms with van der Waals surface area (Å²) >= 11 is 0. The predicted molar refractivity (Wildman–Crippen MR) is 73.0 cm³/mol. The maximum atomic E-state index is 11.8. The smallest absolute Gasteiger partial charge is 0.260 e. The van der Waals surface area contributed by atoms with Crippen molar-refractivity contribution in [3.05, 3.63) is 30.3 Å². The quantitative estimate of drug-likeness (QED) is 0.904. The van der Waals surface area contributed by atoms with Crippen LogP contribution in [0, 0.1) is 0 Å². The van der Waals surface area contributed by atoms with Gasteiger partial charge in [0.25, 0.3) is 5.91 Å². The van der Waals surface area contributed by atoms with E-state index in [2.05, 4.69) is 0 Å². The van der Waals surface area contributed by atoms with Gasteiger partial charge in [-0.2, -0.15) is 0 Å². The molecule has 2 rings (SSSR count). The maximum Gasteiger partial charge on any atom is 0.260 e. The number of para-hydroxylation sites is 1. The highest BCUT2D eigenvalue weighted by Crippen LogP contribution is 2.11. The molecule has 0 bridgehead atoms. The van der Waals surface area contributed by atoms with E-state index in [1.807, 2.05) is 35.2 Å². The molecule has 4 nitrogen and oxygen atoms in total. The van der Waals surface area contributed by atoms with Crippen molar-refractivity contribution in [1.82, 2.24) is 4.90 Å². The third-order valence-corrected chi connectivity index (χ3v) is 3.00. The lowest BCUT2D eigenvalue weighted by atomic mass is 10.1. The van der Waals surface area contributed by atoms with Crippen LogP contribution in [0.4, 0.5) is 0 Å². The second-order valence-electron chi connectivity index (χ2n) is 4.32. The third-order valence-electron chi connectivity index (χ3n) is 3.00. The standard InChI is InChI=1S/C13H18N2O2.ClH/c14-11-6-8-15(9-7-11)13(16)10-17-12-4-2-1-3-5-12;/h1-5,11H,6-10,14H2;1H. The largest absolute Gasteiger partial charge is 0.484 e. The van der Waals surface area contributed by atoms with E-state index in [0.717, 1.165) is 31.7 Å². The molecule has 1 aromatic carbocycles. The fourth-order valence-electron chi connectivity index (χ4n) is 1.90.